The second kappa shape index (κ2) is 6.10. The fourth-order valence-corrected chi connectivity index (χ4v) is 2.91. The summed E-state index contributed by atoms with van der Waals surface area (Å²) in [5.41, 5.74) is 1.89. The van der Waals surface area contributed by atoms with Gasteiger partial charge >= 0.3 is 0 Å². The molecule has 0 aliphatic carbocycles. The minimum Gasteiger partial charge on any atom is -0.486 e. The van der Waals surface area contributed by atoms with Crippen molar-refractivity contribution in [1.29, 1.82) is 0 Å². The van der Waals surface area contributed by atoms with Gasteiger partial charge in [0.05, 0.1) is 10.7 Å². The summed E-state index contributed by atoms with van der Waals surface area (Å²) in [5.74, 6) is 0.552. The van der Waals surface area contributed by atoms with Gasteiger partial charge in [-0.1, -0.05) is 33.6 Å². The summed E-state index contributed by atoms with van der Waals surface area (Å²) in [6, 6.07) is 12.4. The van der Waals surface area contributed by atoms with Crippen LogP contribution in [0, 0.1) is 6.92 Å². The SMILES string of the molecule is Cc1cccc2nc(COc3ccc(Br)cc3Cl)cc(=O)n12. The Kier molecular flexibility index (Phi) is 4.18. The Morgan fingerprint density at radius 1 is 1.27 bits per heavy atom. The highest BCUT2D eigenvalue weighted by atomic mass is 79.9. The molecule has 0 aliphatic rings. The van der Waals surface area contributed by atoms with Gasteiger partial charge in [-0.15, -0.1) is 0 Å². The number of rotatable bonds is 3. The molecule has 112 valence electrons. The summed E-state index contributed by atoms with van der Waals surface area (Å²) in [5, 5.41) is 0.503. The van der Waals surface area contributed by atoms with Crippen LogP contribution in [0.15, 0.2) is 51.7 Å². The minimum absolute atomic E-state index is 0.122. The van der Waals surface area contributed by atoms with Crippen LogP contribution in [-0.4, -0.2) is 9.38 Å². The first-order valence-corrected chi connectivity index (χ1v) is 7.78. The van der Waals surface area contributed by atoms with Gasteiger partial charge in [-0.25, -0.2) is 4.98 Å². The lowest BCUT2D eigenvalue weighted by Crippen LogP contribution is -2.18. The van der Waals surface area contributed by atoms with Gasteiger partial charge < -0.3 is 4.74 Å². The molecule has 3 aromatic rings. The lowest BCUT2D eigenvalue weighted by molar-refractivity contribution is 0.301. The standard InChI is InChI=1S/C16H12BrClN2O2/c1-10-3-2-4-15-19-12(8-16(21)20(10)15)9-22-14-6-5-11(17)7-13(14)18/h2-8H,9H2,1H3. The van der Waals surface area contributed by atoms with Crippen LogP contribution in [0.5, 0.6) is 5.75 Å². The molecule has 0 radical (unpaired) electrons. The molecule has 4 nitrogen and oxygen atoms in total. The van der Waals surface area contributed by atoms with Crippen molar-refractivity contribution in [2.24, 2.45) is 0 Å². The number of ether oxygens (including phenoxy) is 1. The number of pyridine rings is 1. The first-order valence-electron chi connectivity index (χ1n) is 6.61. The molecule has 0 saturated heterocycles. The van der Waals surface area contributed by atoms with E-state index in [1.165, 1.54) is 6.07 Å². The van der Waals surface area contributed by atoms with Crippen molar-refractivity contribution in [3.8, 4) is 5.75 Å². The molecule has 0 unspecified atom stereocenters. The molecular formula is C16H12BrClN2O2. The maximum atomic E-state index is 12.2. The Hall–Kier alpha value is -1.85. The second-order valence-corrected chi connectivity index (χ2v) is 6.13. The average Bonchev–Trinajstić information content (AvgIpc) is 2.46. The zero-order valence-corrected chi connectivity index (χ0v) is 14.1. The maximum Gasteiger partial charge on any atom is 0.258 e. The van der Waals surface area contributed by atoms with Crippen LogP contribution >= 0.6 is 27.5 Å². The molecule has 0 spiro atoms. The van der Waals surface area contributed by atoms with Crippen molar-refractivity contribution in [3.05, 3.63) is 73.7 Å². The van der Waals surface area contributed by atoms with Crippen LogP contribution in [0.2, 0.25) is 5.02 Å². The molecule has 1 aromatic carbocycles. The zero-order valence-electron chi connectivity index (χ0n) is 11.7. The second-order valence-electron chi connectivity index (χ2n) is 4.81. The van der Waals surface area contributed by atoms with Crippen molar-refractivity contribution < 1.29 is 4.74 Å². The Balaban J connectivity index is 1.90. The van der Waals surface area contributed by atoms with Crippen LogP contribution in [0.4, 0.5) is 0 Å². The van der Waals surface area contributed by atoms with E-state index in [-0.39, 0.29) is 12.2 Å². The van der Waals surface area contributed by atoms with Gasteiger partial charge in [0.2, 0.25) is 0 Å². The summed E-state index contributed by atoms with van der Waals surface area (Å²) in [7, 11) is 0. The number of hydrogen-bond acceptors (Lipinski definition) is 3. The van der Waals surface area contributed by atoms with E-state index >= 15 is 0 Å². The zero-order chi connectivity index (χ0) is 15.7. The van der Waals surface area contributed by atoms with Gasteiger partial charge in [-0.05, 0) is 37.3 Å². The highest BCUT2D eigenvalue weighted by Crippen LogP contribution is 2.28. The number of halogens is 2. The van der Waals surface area contributed by atoms with Crippen LogP contribution in [0.1, 0.15) is 11.4 Å². The van der Waals surface area contributed by atoms with E-state index in [9.17, 15) is 4.79 Å². The quantitative estimate of drug-likeness (QED) is 0.691. The van der Waals surface area contributed by atoms with E-state index in [4.69, 9.17) is 16.3 Å². The number of aromatic nitrogens is 2. The molecule has 0 fully saturated rings. The van der Waals surface area contributed by atoms with E-state index < -0.39 is 0 Å². The molecule has 0 aliphatic heterocycles. The minimum atomic E-state index is -0.122. The summed E-state index contributed by atoms with van der Waals surface area (Å²) in [6.07, 6.45) is 0. The smallest absolute Gasteiger partial charge is 0.258 e. The fraction of sp³-hybridized carbons (Fsp3) is 0.125. The third kappa shape index (κ3) is 3.00. The highest BCUT2D eigenvalue weighted by Gasteiger charge is 2.07. The van der Waals surface area contributed by atoms with E-state index in [2.05, 4.69) is 20.9 Å². The summed E-state index contributed by atoms with van der Waals surface area (Å²) >= 11 is 9.44. The van der Waals surface area contributed by atoms with Gasteiger partial charge in [-0.3, -0.25) is 9.20 Å². The third-order valence-corrected chi connectivity index (χ3v) is 3.99. The average molecular weight is 380 g/mol. The Morgan fingerprint density at radius 2 is 2.09 bits per heavy atom. The fourth-order valence-electron chi connectivity index (χ4n) is 2.18. The van der Waals surface area contributed by atoms with Crippen LogP contribution in [0.3, 0.4) is 0 Å². The van der Waals surface area contributed by atoms with Gasteiger partial charge in [0.1, 0.15) is 18.0 Å². The molecule has 2 heterocycles. The van der Waals surface area contributed by atoms with Gasteiger partial charge in [0, 0.05) is 16.2 Å². The number of hydrogen-bond donors (Lipinski definition) is 0. The molecule has 3 rings (SSSR count). The lowest BCUT2D eigenvalue weighted by atomic mass is 10.3. The summed E-state index contributed by atoms with van der Waals surface area (Å²) in [6.45, 7) is 2.05. The molecule has 0 saturated carbocycles. The number of aryl methyl sites for hydroxylation is 1. The largest absolute Gasteiger partial charge is 0.486 e. The van der Waals surface area contributed by atoms with Gasteiger partial charge in [0.15, 0.2) is 0 Å². The Bertz CT molecular complexity index is 908. The predicted octanol–water partition coefficient (Wildman–Crippen LogP) is 4.00. The van der Waals surface area contributed by atoms with Gasteiger partial charge in [-0.2, -0.15) is 0 Å². The molecule has 0 N–H and O–H groups in total. The summed E-state index contributed by atoms with van der Waals surface area (Å²) < 4.78 is 8.09. The Labute approximate surface area is 140 Å². The molecule has 22 heavy (non-hydrogen) atoms. The highest BCUT2D eigenvalue weighted by molar-refractivity contribution is 9.10. The normalized spacial score (nSPS) is 10.9. The summed E-state index contributed by atoms with van der Waals surface area (Å²) in [4.78, 5) is 16.6. The molecule has 2 aromatic heterocycles. The predicted molar refractivity (Wildman–Crippen MR) is 89.7 cm³/mol. The molecule has 6 heteroatoms. The van der Waals surface area contributed by atoms with Crippen molar-refractivity contribution in [3.63, 3.8) is 0 Å². The van der Waals surface area contributed by atoms with Crippen LogP contribution in [-0.2, 0) is 6.61 Å². The third-order valence-electron chi connectivity index (χ3n) is 3.20. The first kappa shape index (κ1) is 15.1. The number of fused-ring (bicyclic) bond motifs is 1. The first-order chi connectivity index (χ1) is 10.5. The van der Waals surface area contributed by atoms with Crippen LogP contribution in [0.25, 0.3) is 5.65 Å². The van der Waals surface area contributed by atoms with E-state index in [0.717, 1.165) is 10.2 Å². The molecule has 0 amide bonds. The molecule has 0 bridgehead atoms. The molecule has 0 atom stereocenters. The van der Waals surface area contributed by atoms with Crippen LogP contribution < -0.4 is 10.3 Å². The van der Waals surface area contributed by atoms with Crippen molar-refractivity contribution >= 4 is 33.2 Å². The van der Waals surface area contributed by atoms with Gasteiger partial charge in [0.25, 0.3) is 5.56 Å². The van der Waals surface area contributed by atoms with E-state index in [1.807, 2.05) is 25.1 Å². The molecular weight excluding hydrogens is 368 g/mol. The maximum absolute atomic E-state index is 12.2. The van der Waals surface area contributed by atoms with Crippen molar-refractivity contribution in [2.45, 2.75) is 13.5 Å². The topological polar surface area (TPSA) is 43.6 Å². The Morgan fingerprint density at radius 3 is 2.86 bits per heavy atom. The monoisotopic (exact) mass is 378 g/mol. The van der Waals surface area contributed by atoms with Crippen molar-refractivity contribution in [1.82, 2.24) is 9.38 Å². The number of nitrogens with zero attached hydrogens (tertiary/aromatic N) is 2. The van der Waals surface area contributed by atoms with E-state index in [1.54, 1.807) is 22.6 Å². The van der Waals surface area contributed by atoms with E-state index in [0.29, 0.717) is 22.1 Å². The van der Waals surface area contributed by atoms with Crippen molar-refractivity contribution in [2.75, 3.05) is 0 Å². The lowest BCUT2D eigenvalue weighted by Gasteiger charge is -2.09. The number of benzene rings is 1.